The van der Waals surface area contributed by atoms with E-state index in [2.05, 4.69) is 82.9 Å². The van der Waals surface area contributed by atoms with Gasteiger partial charge in [0, 0.05) is 10.5 Å². The first-order valence-electron chi connectivity index (χ1n) is 7.23. The number of nitrogens with one attached hydrogen (secondary N) is 1. The number of rotatable bonds is 7. The van der Waals surface area contributed by atoms with E-state index in [9.17, 15) is 0 Å². The number of benzene rings is 2. The van der Waals surface area contributed by atoms with Crippen LogP contribution in [0.4, 0.5) is 0 Å². The summed E-state index contributed by atoms with van der Waals surface area (Å²) in [6.45, 7) is 0. The Balaban J connectivity index is 1.79. The fraction of sp³-hybridized carbons (Fsp3) is 0.333. The van der Waals surface area contributed by atoms with Crippen LogP contribution in [0.1, 0.15) is 24.0 Å². The van der Waals surface area contributed by atoms with Crippen molar-refractivity contribution in [1.82, 2.24) is 5.32 Å². The second-order valence-electron chi connectivity index (χ2n) is 5.19. The van der Waals surface area contributed by atoms with Gasteiger partial charge in [-0.2, -0.15) is 0 Å². The number of aryl methyl sites for hydroxylation is 1. The predicted octanol–water partition coefficient (Wildman–Crippen LogP) is 4.60. The smallest absolute Gasteiger partial charge is 0.0175 e. The van der Waals surface area contributed by atoms with Crippen LogP contribution in [-0.2, 0) is 12.8 Å². The topological polar surface area (TPSA) is 12.0 Å². The molecule has 2 heteroatoms. The fourth-order valence-electron chi connectivity index (χ4n) is 2.45. The molecule has 1 nitrogen and oxygen atoms in total. The molecule has 2 aromatic carbocycles. The Bertz CT molecular complexity index is 493. The average molecular weight is 332 g/mol. The SMILES string of the molecule is CNC(CCCc1ccccc1)Cc1ccc(Br)cc1. The van der Waals surface area contributed by atoms with E-state index in [1.807, 2.05) is 0 Å². The van der Waals surface area contributed by atoms with Crippen molar-refractivity contribution >= 4 is 15.9 Å². The molecule has 20 heavy (non-hydrogen) atoms. The standard InChI is InChI=1S/C18H22BrN/c1-20-18(14-16-10-12-17(19)13-11-16)9-5-8-15-6-3-2-4-7-15/h2-4,6-7,10-13,18,20H,5,8-9,14H2,1H3. The predicted molar refractivity (Wildman–Crippen MR) is 90.1 cm³/mol. The molecule has 0 aliphatic carbocycles. The Hall–Kier alpha value is -1.12. The van der Waals surface area contributed by atoms with E-state index in [-0.39, 0.29) is 0 Å². The quantitative estimate of drug-likeness (QED) is 0.781. The first-order valence-corrected chi connectivity index (χ1v) is 8.03. The molecular weight excluding hydrogens is 310 g/mol. The van der Waals surface area contributed by atoms with Crippen LogP contribution in [0.5, 0.6) is 0 Å². The summed E-state index contributed by atoms with van der Waals surface area (Å²) in [5.41, 5.74) is 2.83. The monoisotopic (exact) mass is 331 g/mol. The lowest BCUT2D eigenvalue weighted by Crippen LogP contribution is -2.27. The summed E-state index contributed by atoms with van der Waals surface area (Å²) >= 11 is 3.48. The molecule has 1 unspecified atom stereocenters. The Morgan fingerprint density at radius 2 is 1.65 bits per heavy atom. The first-order chi connectivity index (χ1) is 9.78. The summed E-state index contributed by atoms with van der Waals surface area (Å²) in [7, 11) is 2.06. The van der Waals surface area contributed by atoms with Gasteiger partial charge in [0.1, 0.15) is 0 Å². The van der Waals surface area contributed by atoms with Gasteiger partial charge in [0.05, 0.1) is 0 Å². The number of halogens is 1. The van der Waals surface area contributed by atoms with Crippen molar-refractivity contribution in [2.24, 2.45) is 0 Å². The van der Waals surface area contributed by atoms with Crippen LogP contribution in [-0.4, -0.2) is 13.1 Å². The lowest BCUT2D eigenvalue weighted by molar-refractivity contribution is 0.502. The minimum Gasteiger partial charge on any atom is -0.317 e. The lowest BCUT2D eigenvalue weighted by atomic mass is 9.99. The molecule has 0 heterocycles. The number of hydrogen-bond acceptors (Lipinski definition) is 1. The van der Waals surface area contributed by atoms with Gasteiger partial charge in [0.2, 0.25) is 0 Å². The summed E-state index contributed by atoms with van der Waals surface area (Å²) in [6, 6.07) is 19.9. The van der Waals surface area contributed by atoms with Gasteiger partial charge in [-0.25, -0.2) is 0 Å². The second-order valence-corrected chi connectivity index (χ2v) is 6.11. The van der Waals surface area contributed by atoms with Crippen molar-refractivity contribution in [1.29, 1.82) is 0 Å². The molecule has 0 aliphatic heterocycles. The highest BCUT2D eigenvalue weighted by atomic mass is 79.9. The summed E-state index contributed by atoms with van der Waals surface area (Å²) in [6.07, 6.45) is 4.70. The molecule has 0 aromatic heterocycles. The van der Waals surface area contributed by atoms with Crippen LogP contribution in [0.2, 0.25) is 0 Å². The first kappa shape index (κ1) is 15.3. The molecule has 0 amide bonds. The van der Waals surface area contributed by atoms with Crippen LogP contribution < -0.4 is 5.32 Å². The average Bonchev–Trinajstić information content (AvgIpc) is 2.49. The number of hydrogen-bond donors (Lipinski definition) is 1. The minimum absolute atomic E-state index is 0.555. The van der Waals surface area contributed by atoms with Crippen LogP contribution >= 0.6 is 15.9 Å². The van der Waals surface area contributed by atoms with E-state index >= 15 is 0 Å². The van der Waals surface area contributed by atoms with Gasteiger partial charge in [-0.05, 0) is 56.0 Å². The minimum atomic E-state index is 0.555. The van der Waals surface area contributed by atoms with Crippen molar-refractivity contribution in [2.75, 3.05) is 7.05 Å². The Kier molecular flexibility index (Phi) is 6.28. The van der Waals surface area contributed by atoms with E-state index in [0.29, 0.717) is 6.04 Å². The second kappa shape index (κ2) is 8.23. The third-order valence-corrected chi connectivity index (χ3v) is 4.19. The van der Waals surface area contributed by atoms with Gasteiger partial charge < -0.3 is 5.32 Å². The lowest BCUT2D eigenvalue weighted by Gasteiger charge is -2.16. The van der Waals surface area contributed by atoms with Crippen molar-refractivity contribution in [3.8, 4) is 0 Å². The summed E-state index contributed by atoms with van der Waals surface area (Å²) < 4.78 is 1.14. The normalized spacial score (nSPS) is 12.3. The van der Waals surface area contributed by atoms with Crippen molar-refractivity contribution in [3.63, 3.8) is 0 Å². The third-order valence-electron chi connectivity index (χ3n) is 3.66. The molecule has 0 fully saturated rings. The molecule has 106 valence electrons. The van der Waals surface area contributed by atoms with Crippen LogP contribution in [0.25, 0.3) is 0 Å². The molecule has 0 bridgehead atoms. The van der Waals surface area contributed by atoms with Crippen molar-refractivity contribution in [3.05, 3.63) is 70.2 Å². The van der Waals surface area contributed by atoms with Crippen LogP contribution in [0.15, 0.2) is 59.1 Å². The van der Waals surface area contributed by atoms with E-state index in [1.54, 1.807) is 0 Å². The zero-order valence-electron chi connectivity index (χ0n) is 12.0. The van der Waals surface area contributed by atoms with Gasteiger partial charge in [-0.3, -0.25) is 0 Å². The van der Waals surface area contributed by atoms with Crippen molar-refractivity contribution < 1.29 is 0 Å². The van der Waals surface area contributed by atoms with Gasteiger partial charge in [-0.1, -0.05) is 58.4 Å². The van der Waals surface area contributed by atoms with Gasteiger partial charge in [0.25, 0.3) is 0 Å². The maximum absolute atomic E-state index is 3.48. The van der Waals surface area contributed by atoms with E-state index < -0.39 is 0 Å². The third kappa shape index (κ3) is 5.10. The van der Waals surface area contributed by atoms with Gasteiger partial charge in [0.15, 0.2) is 0 Å². The molecule has 0 saturated carbocycles. The molecule has 0 radical (unpaired) electrons. The molecular formula is C18H22BrN. The Morgan fingerprint density at radius 1 is 0.950 bits per heavy atom. The molecule has 0 saturated heterocycles. The molecule has 0 spiro atoms. The highest BCUT2D eigenvalue weighted by molar-refractivity contribution is 9.10. The summed E-state index contributed by atoms with van der Waals surface area (Å²) in [5.74, 6) is 0. The van der Waals surface area contributed by atoms with E-state index in [0.717, 1.165) is 10.9 Å². The maximum Gasteiger partial charge on any atom is 0.0175 e. The molecule has 2 aromatic rings. The van der Waals surface area contributed by atoms with Gasteiger partial charge in [-0.15, -0.1) is 0 Å². The fourth-order valence-corrected chi connectivity index (χ4v) is 2.72. The summed E-state index contributed by atoms with van der Waals surface area (Å²) in [4.78, 5) is 0. The Morgan fingerprint density at radius 3 is 2.30 bits per heavy atom. The van der Waals surface area contributed by atoms with Crippen LogP contribution in [0.3, 0.4) is 0 Å². The number of likely N-dealkylation sites (N-methyl/N-ethyl adjacent to an activating group) is 1. The van der Waals surface area contributed by atoms with E-state index in [1.165, 1.54) is 30.4 Å². The van der Waals surface area contributed by atoms with Crippen molar-refractivity contribution in [2.45, 2.75) is 31.7 Å². The van der Waals surface area contributed by atoms with Gasteiger partial charge >= 0.3 is 0 Å². The van der Waals surface area contributed by atoms with E-state index in [4.69, 9.17) is 0 Å². The highest BCUT2D eigenvalue weighted by Gasteiger charge is 2.07. The Labute approximate surface area is 130 Å². The molecule has 2 rings (SSSR count). The highest BCUT2D eigenvalue weighted by Crippen LogP contribution is 2.14. The zero-order chi connectivity index (χ0) is 14.2. The zero-order valence-corrected chi connectivity index (χ0v) is 13.6. The maximum atomic E-state index is 3.48. The molecule has 1 N–H and O–H groups in total. The molecule has 0 aliphatic rings. The molecule has 1 atom stereocenters. The summed E-state index contributed by atoms with van der Waals surface area (Å²) in [5, 5.41) is 3.44. The van der Waals surface area contributed by atoms with Crippen LogP contribution in [0, 0.1) is 0 Å². The largest absolute Gasteiger partial charge is 0.317 e.